The maximum Gasteiger partial charge on any atom is 0.337 e. The van der Waals surface area contributed by atoms with Gasteiger partial charge < -0.3 is 15.2 Å². The van der Waals surface area contributed by atoms with Crippen LogP contribution in [0.25, 0.3) is 0 Å². The van der Waals surface area contributed by atoms with Gasteiger partial charge in [-0.2, -0.15) is 0 Å². The lowest BCUT2D eigenvalue weighted by molar-refractivity contribution is -0.118. The van der Waals surface area contributed by atoms with Crippen molar-refractivity contribution in [1.29, 1.82) is 0 Å². The molecule has 6 nitrogen and oxygen atoms in total. The van der Waals surface area contributed by atoms with Crippen LogP contribution >= 0.6 is 0 Å². The normalized spacial score (nSPS) is 10.1. The number of aromatic carboxylic acids is 1. The van der Waals surface area contributed by atoms with E-state index < -0.39 is 30.1 Å². The minimum absolute atomic E-state index is 0.0220. The Morgan fingerprint density at radius 2 is 1.83 bits per heavy atom. The number of carboxylic acid groups (broad SMARTS) is 1. The number of rotatable bonds is 6. The van der Waals surface area contributed by atoms with Gasteiger partial charge >= 0.3 is 5.97 Å². The number of nitrogens with one attached hydrogen (secondary N) is 1. The summed E-state index contributed by atoms with van der Waals surface area (Å²) in [6.07, 6.45) is 0. The summed E-state index contributed by atoms with van der Waals surface area (Å²) in [6.45, 7) is 0.796. The van der Waals surface area contributed by atoms with Gasteiger partial charge in [-0.3, -0.25) is 9.59 Å². The molecule has 1 amide bonds. The molecule has 0 aliphatic heterocycles. The molecule has 0 spiro atoms. The molecule has 0 unspecified atom stereocenters. The van der Waals surface area contributed by atoms with E-state index in [2.05, 4.69) is 5.32 Å². The SMILES string of the molecule is CC(=O)c1cc(F)ccc1OCC(=O)Nc1ccccc1C(=O)O. The minimum atomic E-state index is -1.18. The predicted octanol–water partition coefficient (Wildman–Crippen LogP) is 2.74. The van der Waals surface area contributed by atoms with Gasteiger partial charge in [0.1, 0.15) is 11.6 Å². The van der Waals surface area contributed by atoms with Crippen LogP contribution in [-0.2, 0) is 4.79 Å². The summed E-state index contributed by atoms with van der Waals surface area (Å²) in [5, 5.41) is 11.5. The maximum absolute atomic E-state index is 13.2. The highest BCUT2D eigenvalue weighted by Crippen LogP contribution is 2.20. The zero-order valence-electron chi connectivity index (χ0n) is 12.7. The summed E-state index contributed by atoms with van der Waals surface area (Å²) < 4.78 is 18.4. The van der Waals surface area contributed by atoms with Gasteiger partial charge in [0.05, 0.1) is 16.8 Å². The van der Waals surface area contributed by atoms with Gasteiger partial charge in [0.15, 0.2) is 12.4 Å². The topological polar surface area (TPSA) is 92.7 Å². The molecule has 2 N–H and O–H groups in total. The number of hydrogen-bond donors (Lipinski definition) is 2. The number of carbonyl (C=O) groups excluding carboxylic acids is 2. The number of hydrogen-bond acceptors (Lipinski definition) is 4. The highest BCUT2D eigenvalue weighted by atomic mass is 19.1. The first-order chi connectivity index (χ1) is 11.4. The van der Waals surface area contributed by atoms with Gasteiger partial charge in [-0.1, -0.05) is 12.1 Å². The van der Waals surface area contributed by atoms with E-state index in [1.54, 1.807) is 6.07 Å². The molecule has 124 valence electrons. The number of halogens is 1. The minimum Gasteiger partial charge on any atom is -0.483 e. The van der Waals surface area contributed by atoms with Crippen molar-refractivity contribution in [2.75, 3.05) is 11.9 Å². The van der Waals surface area contributed by atoms with Crippen molar-refractivity contribution in [3.63, 3.8) is 0 Å². The molecule has 2 aromatic rings. The number of ketones is 1. The fourth-order valence-electron chi connectivity index (χ4n) is 2.01. The molecular weight excluding hydrogens is 317 g/mol. The van der Waals surface area contributed by atoms with Crippen LogP contribution in [0.4, 0.5) is 10.1 Å². The average molecular weight is 331 g/mol. The smallest absolute Gasteiger partial charge is 0.337 e. The third-order valence-corrected chi connectivity index (χ3v) is 3.11. The van der Waals surface area contributed by atoms with Crippen LogP contribution in [0, 0.1) is 5.82 Å². The Balaban J connectivity index is 2.07. The van der Waals surface area contributed by atoms with Crippen molar-refractivity contribution >= 4 is 23.3 Å². The molecule has 2 aromatic carbocycles. The van der Waals surface area contributed by atoms with Crippen molar-refractivity contribution in [2.24, 2.45) is 0 Å². The van der Waals surface area contributed by atoms with Gasteiger partial charge in [0.25, 0.3) is 5.91 Å². The fourth-order valence-corrected chi connectivity index (χ4v) is 2.01. The second kappa shape index (κ2) is 7.36. The number of Topliss-reactive ketones (excluding diaryl/α,β-unsaturated/α-hetero) is 1. The van der Waals surface area contributed by atoms with Crippen LogP contribution in [0.1, 0.15) is 27.6 Å². The van der Waals surface area contributed by atoms with Crippen LogP contribution < -0.4 is 10.1 Å². The van der Waals surface area contributed by atoms with Crippen LogP contribution in [0.5, 0.6) is 5.75 Å². The quantitative estimate of drug-likeness (QED) is 0.794. The Morgan fingerprint density at radius 3 is 2.50 bits per heavy atom. The first kappa shape index (κ1) is 17.1. The third-order valence-electron chi connectivity index (χ3n) is 3.11. The Bertz CT molecular complexity index is 803. The second-order valence-corrected chi connectivity index (χ2v) is 4.88. The van der Waals surface area contributed by atoms with Crippen LogP contribution in [0.15, 0.2) is 42.5 Å². The molecule has 0 radical (unpaired) electrons. The maximum atomic E-state index is 13.2. The van der Waals surface area contributed by atoms with Crippen LogP contribution in [-0.4, -0.2) is 29.4 Å². The fraction of sp³-hybridized carbons (Fsp3) is 0.118. The molecule has 0 fully saturated rings. The zero-order chi connectivity index (χ0) is 17.7. The zero-order valence-corrected chi connectivity index (χ0v) is 12.7. The lowest BCUT2D eigenvalue weighted by atomic mass is 10.1. The molecule has 7 heteroatoms. The van der Waals surface area contributed by atoms with Gasteiger partial charge in [-0.05, 0) is 37.3 Å². The summed E-state index contributed by atoms with van der Waals surface area (Å²) in [5.41, 5.74) is 0.0929. The first-order valence-corrected chi connectivity index (χ1v) is 6.94. The molecule has 0 aliphatic rings. The highest BCUT2D eigenvalue weighted by Gasteiger charge is 2.14. The number of benzene rings is 2. The molecule has 0 aromatic heterocycles. The van der Waals surface area contributed by atoms with Crippen molar-refractivity contribution < 1.29 is 28.6 Å². The molecule has 0 bridgehead atoms. The first-order valence-electron chi connectivity index (χ1n) is 6.94. The summed E-state index contributed by atoms with van der Waals surface area (Å²) >= 11 is 0. The Morgan fingerprint density at radius 1 is 1.12 bits per heavy atom. The molecular formula is C17H14FNO5. The number of amides is 1. The van der Waals surface area contributed by atoms with E-state index in [1.165, 1.54) is 31.2 Å². The second-order valence-electron chi connectivity index (χ2n) is 4.88. The van der Waals surface area contributed by atoms with Crippen molar-refractivity contribution in [1.82, 2.24) is 0 Å². The summed E-state index contributed by atoms with van der Waals surface area (Å²) in [6, 6.07) is 9.30. The standard InChI is InChI=1S/C17H14FNO5/c1-10(20)13-8-11(18)6-7-15(13)24-9-16(21)19-14-5-3-2-4-12(14)17(22)23/h2-8H,9H2,1H3,(H,19,21)(H,22,23). The summed E-state index contributed by atoms with van der Waals surface area (Å²) in [5.74, 6) is -2.70. The molecule has 0 atom stereocenters. The van der Waals surface area contributed by atoms with E-state index in [9.17, 15) is 18.8 Å². The summed E-state index contributed by atoms with van der Waals surface area (Å²) in [7, 11) is 0. The Kier molecular flexibility index (Phi) is 5.26. The van der Waals surface area contributed by atoms with E-state index in [1.807, 2.05) is 0 Å². The highest BCUT2D eigenvalue weighted by molar-refractivity contribution is 6.01. The predicted molar refractivity (Wildman–Crippen MR) is 83.9 cm³/mol. The number of para-hydroxylation sites is 1. The van der Waals surface area contributed by atoms with Crippen LogP contribution in [0.2, 0.25) is 0 Å². The Labute approximate surface area is 136 Å². The lowest BCUT2D eigenvalue weighted by Crippen LogP contribution is -2.22. The number of carbonyl (C=O) groups is 3. The van der Waals surface area contributed by atoms with Gasteiger partial charge in [0, 0.05) is 0 Å². The van der Waals surface area contributed by atoms with E-state index in [0.29, 0.717) is 0 Å². The molecule has 0 heterocycles. The monoisotopic (exact) mass is 331 g/mol. The summed E-state index contributed by atoms with van der Waals surface area (Å²) in [4.78, 5) is 34.5. The van der Waals surface area contributed by atoms with E-state index in [0.717, 1.165) is 12.1 Å². The lowest BCUT2D eigenvalue weighted by Gasteiger charge is -2.11. The third kappa shape index (κ3) is 4.16. The average Bonchev–Trinajstić information content (AvgIpc) is 2.53. The van der Waals surface area contributed by atoms with Gasteiger partial charge in [-0.15, -0.1) is 0 Å². The van der Waals surface area contributed by atoms with Gasteiger partial charge in [0.2, 0.25) is 0 Å². The number of ether oxygens (including phenoxy) is 1. The van der Waals surface area contributed by atoms with E-state index >= 15 is 0 Å². The largest absolute Gasteiger partial charge is 0.483 e. The van der Waals surface area contributed by atoms with E-state index in [4.69, 9.17) is 9.84 Å². The van der Waals surface area contributed by atoms with Crippen LogP contribution in [0.3, 0.4) is 0 Å². The molecule has 0 aliphatic carbocycles. The molecule has 2 rings (SSSR count). The van der Waals surface area contributed by atoms with Crippen molar-refractivity contribution in [3.05, 3.63) is 59.4 Å². The molecule has 0 saturated heterocycles. The van der Waals surface area contributed by atoms with E-state index in [-0.39, 0.29) is 22.6 Å². The van der Waals surface area contributed by atoms with Crippen molar-refractivity contribution in [2.45, 2.75) is 6.92 Å². The molecule has 24 heavy (non-hydrogen) atoms. The molecule has 0 saturated carbocycles. The van der Waals surface area contributed by atoms with Crippen molar-refractivity contribution in [3.8, 4) is 5.75 Å². The van der Waals surface area contributed by atoms with Gasteiger partial charge in [-0.25, -0.2) is 9.18 Å². The number of carboxylic acids is 1. The Hall–Kier alpha value is -3.22. The number of anilines is 1.